The number of halogens is 1. The Bertz CT molecular complexity index is 715. The van der Waals surface area contributed by atoms with Crippen LogP contribution in [0, 0.1) is 6.92 Å². The van der Waals surface area contributed by atoms with Gasteiger partial charge in [0.2, 0.25) is 5.95 Å². The Balaban J connectivity index is 2.37. The van der Waals surface area contributed by atoms with Gasteiger partial charge in [-0.15, -0.1) is 0 Å². The summed E-state index contributed by atoms with van der Waals surface area (Å²) in [5, 5.41) is 8.03. The lowest BCUT2D eigenvalue weighted by Gasteiger charge is -2.21. The largest absolute Gasteiger partial charge is 0.368 e. The summed E-state index contributed by atoms with van der Waals surface area (Å²) in [7, 11) is 0. The molecule has 1 heterocycles. The van der Waals surface area contributed by atoms with Gasteiger partial charge in [0.1, 0.15) is 6.33 Å². The summed E-state index contributed by atoms with van der Waals surface area (Å²) in [6, 6.07) is 8.34. The number of aryl methyl sites for hydroxylation is 1. The Kier molecular flexibility index (Phi) is 5.45. The number of hydrogen-bond acceptors (Lipinski definition) is 4. The average Bonchev–Trinajstić information content (AvgIpc) is 2.97. The Morgan fingerprint density at radius 3 is 2.57 bits per heavy atom. The molecule has 0 amide bonds. The Morgan fingerprint density at radius 1 is 1.39 bits per heavy atom. The zero-order chi connectivity index (χ0) is 17.0. The van der Waals surface area contributed by atoms with E-state index in [-0.39, 0.29) is 12.0 Å². The molecule has 1 unspecified atom stereocenters. The molecular weight excluding hydrogens is 310 g/mol. The van der Waals surface area contributed by atoms with E-state index in [1.807, 2.05) is 6.92 Å². The van der Waals surface area contributed by atoms with Crippen LogP contribution in [0.3, 0.4) is 0 Å². The molecule has 122 valence electrons. The van der Waals surface area contributed by atoms with E-state index in [1.54, 1.807) is 0 Å². The molecule has 3 N–H and O–H groups in total. The number of rotatable bonds is 6. The molecule has 0 saturated carbocycles. The van der Waals surface area contributed by atoms with E-state index < -0.39 is 0 Å². The molecule has 5 nitrogen and oxygen atoms in total. The third-order valence-corrected chi connectivity index (χ3v) is 4.11. The van der Waals surface area contributed by atoms with Crippen LogP contribution < -0.4 is 11.1 Å². The highest BCUT2D eigenvalue weighted by Gasteiger charge is 2.16. The van der Waals surface area contributed by atoms with E-state index in [0.29, 0.717) is 10.9 Å². The van der Waals surface area contributed by atoms with Crippen molar-refractivity contribution < 1.29 is 0 Å². The normalized spacial score (nSPS) is 13.4. The SMILES string of the molecule is C=C(CC)/C(Cl)=C(/NC(C)c1ccc(C)cc1)n1ncnc1N. The number of hydrogen-bond donors (Lipinski definition) is 2. The second-order valence-corrected chi connectivity index (χ2v) is 5.80. The first-order chi connectivity index (χ1) is 10.9. The second kappa shape index (κ2) is 7.33. The van der Waals surface area contributed by atoms with Crippen molar-refractivity contribution in [1.82, 2.24) is 20.1 Å². The van der Waals surface area contributed by atoms with Gasteiger partial charge in [-0.1, -0.05) is 54.9 Å². The molecule has 23 heavy (non-hydrogen) atoms. The third-order valence-electron chi connectivity index (χ3n) is 3.66. The van der Waals surface area contributed by atoms with Gasteiger partial charge in [-0.2, -0.15) is 14.8 Å². The fourth-order valence-corrected chi connectivity index (χ4v) is 2.37. The summed E-state index contributed by atoms with van der Waals surface area (Å²) in [5.41, 5.74) is 9.04. The molecule has 1 atom stereocenters. The van der Waals surface area contributed by atoms with Crippen LogP contribution in [-0.2, 0) is 0 Å². The fourth-order valence-electron chi connectivity index (χ4n) is 2.11. The highest BCUT2D eigenvalue weighted by molar-refractivity contribution is 6.34. The van der Waals surface area contributed by atoms with E-state index in [0.717, 1.165) is 17.6 Å². The molecule has 0 fully saturated rings. The average molecular weight is 332 g/mol. The maximum Gasteiger partial charge on any atom is 0.224 e. The lowest BCUT2D eigenvalue weighted by Crippen LogP contribution is -2.24. The van der Waals surface area contributed by atoms with E-state index in [1.165, 1.54) is 16.6 Å². The summed E-state index contributed by atoms with van der Waals surface area (Å²) in [5.74, 6) is 0.854. The van der Waals surface area contributed by atoms with Gasteiger partial charge in [0.25, 0.3) is 0 Å². The van der Waals surface area contributed by atoms with E-state index in [2.05, 4.69) is 60.1 Å². The van der Waals surface area contributed by atoms with Crippen LogP contribution in [0.15, 0.2) is 47.8 Å². The monoisotopic (exact) mass is 331 g/mol. The maximum absolute atomic E-state index is 6.49. The Hall–Kier alpha value is -2.27. The van der Waals surface area contributed by atoms with Gasteiger partial charge in [0, 0.05) is 6.04 Å². The van der Waals surface area contributed by atoms with E-state index in [4.69, 9.17) is 17.3 Å². The molecule has 2 rings (SSSR count). The van der Waals surface area contributed by atoms with Crippen molar-refractivity contribution in [3.05, 3.63) is 58.9 Å². The fraction of sp³-hybridized carbons (Fsp3) is 0.294. The molecule has 2 aromatic rings. The van der Waals surface area contributed by atoms with Gasteiger partial charge in [-0.05, 0) is 31.4 Å². The number of anilines is 1. The first kappa shape index (κ1) is 17.1. The summed E-state index contributed by atoms with van der Waals surface area (Å²) in [4.78, 5) is 3.96. The van der Waals surface area contributed by atoms with Crippen LogP contribution >= 0.6 is 11.6 Å². The minimum Gasteiger partial charge on any atom is -0.368 e. The van der Waals surface area contributed by atoms with Crippen molar-refractivity contribution in [2.75, 3.05) is 5.73 Å². The molecule has 0 aliphatic heterocycles. The second-order valence-electron chi connectivity index (χ2n) is 5.43. The molecule has 0 saturated heterocycles. The van der Waals surface area contributed by atoms with Gasteiger partial charge in [-0.25, -0.2) is 0 Å². The number of nitrogens with two attached hydrogens (primary N) is 1. The summed E-state index contributed by atoms with van der Waals surface area (Å²) < 4.78 is 1.49. The number of nitrogens with zero attached hydrogens (tertiary/aromatic N) is 3. The maximum atomic E-state index is 6.49. The number of nitrogens with one attached hydrogen (secondary N) is 1. The van der Waals surface area contributed by atoms with Crippen LogP contribution in [0.1, 0.15) is 37.4 Å². The molecule has 0 aliphatic carbocycles. The topological polar surface area (TPSA) is 68.8 Å². The van der Waals surface area contributed by atoms with Gasteiger partial charge in [0.15, 0.2) is 5.82 Å². The Morgan fingerprint density at radius 2 is 2.04 bits per heavy atom. The van der Waals surface area contributed by atoms with Gasteiger partial charge >= 0.3 is 0 Å². The highest BCUT2D eigenvalue weighted by Crippen LogP contribution is 2.25. The molecule has 0 aliphatic rings. The van der Waals surface area contributed by atoms with Crippen molar-refractivity contribution in [2.45, 2.75) is 33.2 Å². The minimum atomic E-state index is 0.0209. The summed E-state index contributed by atoms with van der Waals surface area (Å²) in [6.45, 7) is 10.1. The van der Waals surface area contributed by atoms with Crippen LogP contribution in [0.5, 0.6) is 0 Å². The standard InChI is InChI=1S/C17H22ClN5/c1-5-12(3)15(18)16(23-17(19)20-10-21-23)22-13(4)14-8-6-11(2)7-9-14/h6-10,13,22H,3,5H2,1-2,4H3,(H2,19,20,21)/b16-15+. The number of nitrogen functional groups attached to an aromatic ring is 1. The lowest BCUT2D eigenvalue weighted by molar-refractivity contribution is 0.658. The first-order valence-corrected chi connectivity index (χ1v) is 7.88. The molecule has 6 heteroatoms. The predicted octanol–water partition coefficient (Wildman–Crippen LogP) is 3.85. The van der Waals surface area contributed by atoms with E-state index >= 15 is 0 Å². The quantitative estimate of drug-likeness (QED) is 0.789. The van der Waals surface area contributed by atoms with Crippen molar-refractivity contribution in [1.29, 1.82) is 0 Å². The van der Waals surface area contributed by atoms with Crippen LogP contribution in [-0.4, -0.2) is 14.8 Å². The first-order valence-electron chi connectivity index (χ1n) is 7.51. The number of allylic oxidation sites excluding steroid dienone is 2. The van der Waals surface area contributed by atoms with Crippen LogP contribution in [0.4, 0.5) is 5.95 Å². The zero-order valence-electron chi connectivity index (χ0n) is 13.7. The van der Waals surface area contributed by atoms with Crippen LogP contribution in [0.25, 0.3) is 5.82 Å². The van der Waals surface area contributed by atoms with Gasteiger partial charge < -0.3 is 11.1 Å². The zero-order valence-corrected chi connectivity index (χ0v) is 14.4. The number of aromatic nitrogens is 3. The molecule has 1 aromatic heterocycles. The molecule has 0 radical (unpaired) electrons. The summed E-state index contributed by atoms with van der Waals surface area (Å²) in [6.07, 6.45) is 2.13. The third kappa shape index (κ3) is 3.93. The van der Waals surface area contributed by atoms with Crippen molar-refractivity contribution in [3.8, 4) is 0 Å². The van der Waals surface area contributed by atoms with Crippen molar-refractivity contribution in [3.63, 3.8) is 0 Å². The van der Waals surface area contributed by atoms with Gasteiger partial charge in [0.05, 0.1) is 5.03 Å². The Labute approximate surface area is 141 Å². The van der Waals surface area contributed by atoms with E-state index in [9.17, 15) is 0 Å². The smallest absolute Gasteiger partial charge is 0.224 e. The minimum absolute atomic E-state index is 0.0209. The predicted molar refractivity (Wildman–Crippen MR) is 95.7 cm³/mol. The van der Waals surface area contributed by atoms with Gasteiger partial charge in [-0.3, -0.25) is 0 Å². The molecule has 1 aromatic carbocycles. The molecule has 0 spiro atoms. The molecular formula is C17H22ClN5. The number of benzene rings is 1. The lowest BCUT2D eigenvalue weighted by atomic mass is 10.1. The highest BCUT2D eigenvalue weighted by atomic mass is 35.5. The summed E-state index contributed by atoms with van der Waals surface area (Å²) >= 11 is 6.49. The van der Waals surface area contributed by atoms with Crippen molar-refractivity contribution in [2.24, 2.45) is 0 Å². The molecule has 0 bridgehead atoms. The van der Waals surface area contributed by atoms with Crippen LogP contribution in [0.2, 0.25) is 0 Å². The van der Waals surface area contributed by atoms with Crippen molar-refractivity contribution >= 4 is 23.4 Å².